The SMILES string of the molecule is C.CC(C)OC(=O)C[C@H]1C[C@@H](CCn2c(-c3ccc(F)cc3)c(-c3ccccc3)c(C(=O)Nc3ccccc3)c2C(C)C)OC(C)(C)O1. The molecule has 8 heteroatoms. The number of hydrogen-bond donors (Lipinski definition) is 1. The van der Waals surface area contributed by atoms with Crippen molar-refractivity contribution in [2.45, 2.75) is 105 Å². The summed E-state index contributed by atoms with van der Waals surface area (Å²) < 4.78 is 34.3. The van der Waals surface area contributed by atoms with Crippen molar-refractivity contribution in [2.24, 2.45) is 0 Å². The number of hydrogen-bond acceptors (Lipinski definition) is 5. The first-order chi connectivity index (χ1) is 22.4. The summed E-state index contributed by atoms with van der Waals surface area (Å²) in [6.45, 7) is 12.1. The van der Waals surface area contributed by atoms with Crippen molar-refractivity contribution in [2.75, 3.05) is 5.32 Å². The summed E-state index contributed by atoms with van der Waals surface area (Å²) in [6, 6.07) is 25.7. The van der Waals surface area contributed by atoms with Crippen LogP contribution in [0.1, 0.15) is 90.2 Å². The monoisotopic (exact) mass is 656 g/mol. The van der Waals surface area contributed by atoms with Crippen molar-refractivity contribution in [3.05, 3.63) is 102 Å². The van der Waals surface area contributed by atoms with Crippen molar-refractivity contribution >= 4 is 17.6 Å². The summed E-state index contributed by atoms with van der Waals surface area (Å²) in [4.78, 5) is 26.9. The molecule has 0 aliphatic carbocycles. The number of halogens is 1. The largest absolute Gasteiger partial charge is 0.463 e. The molecule has 5 rings (SSSR count). The minimum Gasteiger partial charge on any atom is -0.463 e. The number of benzene rings is 3. The quantitative estimate of drug-likeness (QED) is 0.163. The Bertz CT molecular complexity index is 1660. The fourth-order valence-corrected chi connectivity index (χ4v) is 6.50. The zero-order valence-electron chi connectivity index (χ0n) is 28.1. The van der Waals surface area contributed by atoms with Crippen LogP contribution in [0.2, 0.25) is 0 Å². The number of nitrogens with one attached hydrogen (secondary N) is 1. The summed E-state index contributed by atoms with van der Waals surface area (Å²) in [7, 11) is 0. The van der Waals surface area contributed by atoms with Gasteiger partial charge in [0.2, 0.25) is 0 Å². The number of nitrogens with zero attached hydrogens (tertiary/aromatic N) is 1. The lowest BCUT2D eigenvalue weighted by Gasteiger charge is -2.41. The van der Waals surface area contributed by atoms with Crippen LogP contribution in [0.5, 0.6) is 0 Å². The Labute approximate surface area is 284 Å². The Morgan fingerprint density at radius 2 is 1.50 bits per heavy atom. The highest BCUT2D eigenvalue weighted by Crippen LogP contribution is 2.43. The molecule has 1 aromatic heterocycles. The molecule has 0 radical (unpaired) electrons. The van der Waals surface area contributed by atoms with E-state index in [9.17, 15) is 14.0 Å². The molecule has 3 aromatic carbocycles. The van der Waals surface area contributed by atoms with Gasteiger partial charge in [0, 0.05) is 29.9 Å². The van der Waals surface area contributed by atoms with Crippen LogP contribution in [-0.2, 0) is 25.5 Å². The van der Waals surface area contributed by atoms with Crippen LogP contribution in [0.4, 0.5) is 10.1 Å². The Hall–Kier alpha value is -4.27. The molecule has 2 atom stereocenters. The molecule has 2 heterocycles. The summed E-state index contributed by atoms with van der Waals surface area (Å²) in [5.74, 6) is -1.77. The lowest BCUT2D eigenvalue weighted by Crippen LogP contribution is -2.45. The Morgan fingerprint density at radius 3 is 2.10 bits per heavy atom. The van der Waals surface area contributed by atoms with Crippen LogP contribution in [0.3, 0.4) is 0 Å². The third kappa shape index (κ3) is 8.79. The lowest BCUT2D eigenvalue weighted by molar-refractivity contribution is -0.301. The molecule has 0 spiro atoms. The van der Waals surface area contributed by atoms with Crippen LogP contribution in [0.25, 0.3) is 22.4 Å². The van der Waals surface area contributed by atoms with Gasteiger partial charge in [-0.25, -0.2) is 4.39 Å². The van der Waals surface area contributed by atoms with Crippen LogP contribution in [0.15, 0.2) is 84.9 Å². The van der Waals surface area contributed by atoms with E-state index in [-0.39, 0.29) is 55.8 Å². The molecule has 0 saturated carbocycles. The van der Waals surface area contributed by atoms with Crippen molar-refractivity contribution in [1.29, 1.82) is 0 Å². The maximum absolute atomic E-state index is 14.3. The lowest BCUT2D eigenvalue weighted by atomic mass is 9.94. The highest BCUT2D eigenvalue weighted by molar-refractivity contribution is 6.12. The smallest absolute Gasteiger partial charge is 0.308 e. The van der Waals surface area contributed by atoms with E-state index in [4.69, 9.17) is 14.2 Å². The van der Waals surface area contributed by atoms with Gasteiger partial charge in [-0.1, -0.05) is 69.8 Å². The second kappa shape index (κ2) is 15.8. The zero-order chi connectivity index (χ0) is 33.7. The Balaban J connectivity index is 0.00000520. The number of anilines is 1. The van der Waals surface area contributed by atoms with Gasteiger partial charge < -0.3 is 24.1 Å². The summed E-state index contributed by atoms with van der Waals surface area (Å²) in [5, 5.41) is 3.12. The molecule has 0 unspecified atom stereocenters. The van der Waals surface area contributed by atoms with E-state index >= 15 is 0 Å². The first kappa shape index (κ1) is 36.6. The van der Waals surface area contributed by atoms with Gasteiger partial charge in [0.25, 0.3) is 5.91 Å². The van der Waals surface area contributed by atoms with Crippen LogP contribution >= 0.6 is 0 Å². The second-order valence-corrected chi connectivity index (χ2v) is 13.1. The third-order valence-electron chi connectivity index (χ3n) is 8.15. The van der Waals surface area contributed by atoms with Crippen LogP contribution in [-0.4, -0.2) is 40.5 Å². The van der Waals surface area contributed by atoms with E-state index in [1.165, 1.54) is 12.1 Å². The van der Waals surface area contributed by atoms with Crippen LogP contribution in [0, 0.1) is 5.82 Å². The van der Waals surface area contributed by atoms with E-state index in [1.54, 1.807) is 12.1 Å². The van der Waals surface area contributed by atoms with E-state index in [0.717, 1.165) is 28.1 Å². The van der Waals surface area contributed by atoms with E-state index in [0.29, 0.717) is 30.6 Å². The minimum absolute atomic E-state index is 0. The summed E-state index contributed by atoms with van der Waals surface area (Å²) >= 11 is 0. The fourth-order valence-electron chi connectivity index (χ4n) is 6.50. The number of ether oxygens (including phenoxy) is 3. The molecule has 1 aliphatic heterocycles. The maximum Gasteiger partial charge on any atom is 0.308 e. The first-order valence-corrected chi connectivity index (χ1v) is 16.4. The summed E-state index contributed by atoms with van der Waals surface area (Å²) in [6.07, 6.45) is 0.484. The van der Waals surface area contributed by atoms with Crippen molar-refractivity contribution in [3.63, 3.8) is 0 Å². The number of carbonyl (C=O) groups excluding carboxylic acids is 2. The van der Waals surface area contributed by atoms with Crippen molar-refractivity contribution in [1.82, 2.24) is 4.57 Å². The van der Waals surface area contributed by atoms with Gasteiger partial charge in [0.05, 0.1) is 36.0 Å². The van der Waals surface area contributed by atoms with Gasteiger partial charge in [-0.2, -0.15) is 0 Å². The number of aromatic nitrogens is 1. The highest BCUT2D eigenvalue weighted by Gasteiger charge is 2.37. The topological polar surface area (TPSA) is 78.8 Å². The fraction of sp³-hybridized carbons (Fsp3) is 0.400. The van der Waals surface area contributed by atoms with Crippen LogP contribution < -0.4 is 5.32 Å². The molecule has 7 nitrogen and oxygen atoms in total. The van der Waals surface area contributed by atoms with E-state index in [1.807, 2.05) is 88.4 Å². The van der Waals surface area contributed by atoms with Gasteiger partial charge in [-0.15, -0.1) is 0 Å². The molecule has 256 valence electrons. The van der Waals surface area contributed by atoms with Gasteiger partial charge in [-0.05, 0) is 87.6 Å². The predicted molar refractivity (Wildman–Crippen MR) is 189 cm³/mol. The maximum atomic E-state index is 14.3. The van der Waals surface area contributed by atoms with Crippen molar-refractivity contribution < 1.29 is 28.2 Å². The molecule has 4 aromatic rings. The predicted octanol–water partition coefficient (Wildman–Crippen LogP) is 9.61. The minimum atomic E-state index is -0.890. The van der Waals surface area contributed by atoms with E-state index in [2.05, 4.69) is 23.7 Å². The van der Waals surface area contributed by atoms with E-state index < -0.39 is 5.79 Å². The Kier molecular flexibility index (Phi) is 12.0. The average molecular weight is 657 g/mol. The molecular formula is C40H49FN2O5. The molecule has 48 heavy (non-hydrogen) atoms. The number of carbonyl (C=O) groups is 2. The zero-order valence-corrected chi connectivity index (χ0v) is 28.1. The highest BCUT2D eigenvalue weighted by atomic mass is 19.1. The molecule has 0 bridgehead atoms. The average Bonchev–Trinajstić information content (AvgIpc) is 3.36. The number of amides is 1. The molecule has 1 N–H and O–H groups in total. The summed E-state index contributed by atoms with van der Waals surface area (Å²) in [5.41, 5.74) is 5.46. The molecular weight excluding hydrogens is 607 g/mol. The normalized spacial score (nSPS) is 17.2. The third-order valence-corrected chi connectivity index (χ3v) is 8.15. The molecule has 1 saturated heterocycles. The molecule has 1 fully saturated rings. The van der Waals surface area contributed by atoms with Gasteiger partial charge in [0.1, 0.15) is 5.82 Å². The van der Waals surface area contributed by atoms with Crippen molar-refractivity contribution in [3.8, 4) is 22.4 Å². The number of esters is 1. The standard InChI is InChI=1S/C39H45FN2O5.CH4/c1-25(2)36-35(38(44)41-30-15-11-8-12-16-30)34(27-13-9-7-10-14-27)37(28-17-19-29(40)20-18-28)42(36)22-21-31-23-32(47-39(5,6)46-31)24-33(43)45-26(3)4;/h7-20,25-26,31-32H,21-24H2,1-6H3,(H,41,44);1H4/t31-,32-;/m1./s1. The second-order valence-electron chi connectivity index (χ2n) is 13.1. The van der Waals surface area contributed by atoms with Gasteiger partial charge in [-0.3, -0.25) is 9.59 Å². The molecule has 1 aliphatic rings. The molecule has 1 amide bonds. The van der Waals surface area contributed by atoms with Gasteiger partial charge >= 0.3 is 5.97 Å². The van der Waals surface area contributed by atoms with Gasteiger partial charge in [0.15, 0.2) is 5.79 Å². The Morgan fingerprint density at radius 1 is 0.896 bits per heavy atom. The first-order valence-electron chi connectivity index (χ1n) is 16.4. The number of rotatable bonds is 11. The number of para-hydroxylation sites is 1.